The van der Waals surface area contributed by atoms with Crippen LogP contribution < -0.4 is 0 Å². The molecule has 11 heavy (non-hydrogen) atoms. The van der Waals surface area contributed by atoms with E-state index < -0.39 is 5.97 Å². The minimum absolute atomic E-state index is 0. The smallest absolute Gasteiger partial charge is 0.362 e. The van der Waals surface area contributed by atoms with Crippen LogP contribution in [-0.4, -0.2) is 23.4 Å². The van der Waals surface area contributed by atoms with Gasteiger partial charge in [0.15, 0.2) is 5.04 Å². The highest BCUT2D eigenvalue weighted by Gasteiger charge is 2.08. The Morgan fingerprint density at radius 1 is 1.55 bits per heavy atom. The van der Waals surface area contributed by atoms with Crippen LogP contribution in [-0.2, 0) is 9.53 Å². The summed E-state index contributed by atoms with van der Waals surface area (Å²) in [4.78, 5) is 10.7. The summed E-state index contributed by atoms with van der Waals surface area (Å²) in [5.74, 6) is 0.215. The number of carbonyl (C=O) groups is 1. The lowest BCUT2D eigenvalue weighted by Crippen LogP contribution is -2.13. The fourth-order valence-electron chi connectivity index (χ4n) is 0.400. The molecule has 0 aromatic heterocycles. The zero-order chi connectivity index (χ0) is 7.98. The van der Waals surface area contributed by atoms with Gasteiger partial charge in [-0.2, -0.15) is 0 Å². The van der Waals surface area contributed by atoms with Gasteiger partial charge in [-0.25, -0.2) is 4.79 Å². The third kappa shape index (κ3) is 6.61. The van der Waals surface area contributed by atoms with E-state index in [1.54, 1.807) is 6.92 Å². The van der Waals surface area contributed by atoms with E-state index in [1.165, 1.54) is 11.8 Å². The van der Waals surface area contributed by atoms with Crippen molar-refractivity contribution in [3.8, 4) is 0 Å². The molecule has 1 N–H and O–H groups in total. The molecule has 0 aliphatic carbocycles. The van der Waals surface area contributed by atoms with Gasteiger partial charge in [0, 0.05) is 0 Å². The highest BCUT2D eigenvalue weighted by atomic mass is 127. The zero-order valence-electron chi connectivity index (χ0n) is 6.55. The highest BCUT2D eigenvalue weighted by molar-refractivity contribution is 14.0. The topological polar surface area (TPSA) is 50.2 Å². The Bertz CT molecular complexity index is 125. The molecule has 3 nitrogen and oxygen atoms in total. The fraction of sp³-hybridized carbons (Fsp3) is 0.667. The molecule has 0 saturated carbocycles. The second kappa shape index (κ2) is 8.32. The predicted molar refractivity (Wildman–Crippen MR) is 57.9 cm³/mol. The highest BCUT2D eigenvalue weighted by Crippen LogP contribution is 2.01. The van der Waals surface area contributed by atoms with Gasteiger partial charge in [0.25, 0.3) is 0 Å². The Morgan fingerprint density at radius 3 is 2.45 bits per heavy atom. The molecule has 0 fully saturated rings. The maximum Gasteiger partial charge on any atom is 0.362 e. The molecule has 66 valence electrons. The van der Waals surface area contributed by atoms with Gasteiger partial charge >= 0.3 is 5.97 Å². The van der Waals surface area contributed by atoms with Crippen molar-refractivity contribution in [2.24, 2.45) is 0 Å². The Hall–Kier alpha value is 0.220. The molecule has 0 aliphatic heterocycles. The van der Waals surface area contributed by atoms with Crippen LogP contribution in [0, 0.1) is 5.41 Å². The lowest BCUT2D eigenvalue weighted by Gasteiger charge is -1.99. The maximum absolute atomic E-state index is 10.7. The summed E-state index contributed by atoms with van der Waals surface area (Å²) in [6.45, 7) is 3.95. The normalized spacial score (nSPS) is 8.18. The molecule has 0 aromatic rings. The van der Waals surface area contributed by atoms with Crippen LogP contribution in [0.5, 0.6) is 0 Å². The second-order valence-corrected chi connectivity index (χ2v) is 2.76. The molecular formula is C6H12INO2S. The molecule has 0 unspecified atom stereocenters. The lowest BCUT2D eigenvalue weighted by atomic mass is 10.7. The number of nitrogens with one attached hydrogen (secondary N) is 1. The Morgan fingerprint density at radius 2 is 2.09 bits per heavy atom. The van der Waals surface area contributed by atoms with E-state index in [2.05, 4.69) is 4.74 Å². The maximum atomic E-state index is 10.7. The van der Waals surface area contributed by atoms with Crippen LogP contribution in [0.4, 0.5) is 0 Å². The summed E-state index contributed by atoms with van der Waals surface area (Å²) in [6, 6.07) is 0. The molecule has 0 spiro atoms. The van der Waals surface area contributed by atoms with Gasteiger partial charge in [-0.15, -0.1) is 24.0 Å². The van der Waals surface area contributed by atoms with E-state index in [0.717, 1.165) is 5.75 Å². The molecule has 0 saturated heterocycles. The summed E-state index contributed by atoms with van der Waals surface area (Å²) in [5.41, 5.74) is 0. The van der Waals surface area contributed by atoms with Crippen molar-refractivity contribution >= 4 is 46.8 Å². The van der Waals surface area contributed by atoms with Gasteiger partial charge in [0.2, 0.25) is 0 Å². The summed E-state index contributed by atoms with van der Waals surface area (Å²) >= 11 is 1.19. The molecule has 5 heteroatoms. The molecule has 0 bridgehead atoms. The van der Waals surface area contributed by atoms with Gasteiger partial charge in [-0.3, -0.25) is 5.41 Å². The number of halogens is 1. The number of carbonyl (C=O) groups excluding carboxylic acids is 1. The molecule has 0 rings (SSSR count). The van der Waals surface area contributed by atoms with Crippen molar-refractivity contribution in [1.29, 1.82) is 5.41 Å². The number of ether oxygens (including phenoxy) is 1. The van der Waals surface area contributed by atoms with Crippen LogP contribution >= 0.6 is 35.7 Å². The molecule has 0 aliphatic rings. The van der Waals surface area contributed by atoms with Crippen LogP contribution in [0.1, 0.15) is 13.8 Å². The van der Waals surface area contributed by atoms with Crippen LogP contribution in [0.15, 0.2) is 0 Å². The first-order valence-corrected chi connectivity index (χ1v) is 4.09. The molecule has 0 radical (unpaired) electrons. The quantitative estimate of drug-likeness (QED) is 0.365. The lowest BCUT2D eigenvalue weighted by molar-refractivity contribution is -0.134. The van der Waals surface area contributed by atoms with Crippen LogP contribution in [0.3, 0.4) is 0 Å². The van der Waals surface area contributed by atoms with Gasteiger partial charge in [-0.05, 0) is 12.7 Å². The van der Waals surface area contributed by atoms with Gasteiger partial charge in [0.1, 0.15) is 0 Å². The summed E-state index contributed by atoms with van der Waals surface area (Å²) in [7, 11) is 0. The summed E-state index contributed by atoms with van der Waals surface area (Å²) in [5, 5.41) is 7.08. The second-order valence-electron chi connectivity index (χ2n) is 1.48. The first kappa shape index (κ1) is 13.8. The molecule has 0 heterocycles. The average molecular weight is 289 g/mol. The largest absolute Gasteiger partial charge is 0.461 e. The van der Waals surface area contributed by atoms with Gasteiger partial charge in [0.05, 0.1) is 6.61 Å². The first-order valence-electron chi connectivity index (χ1n) is 3.10. The molecule has 0 atom stereocenters. The van der Waals surface area contributed by atoms with Crippen molar-refractivity contribution in [2.45, 2.75) is 13.8 Å². The minimum Gasteiger partial charge on any atom is -0.461 e. The van der Waals surface area contributed by atoms with Gasteiger partial charge < -0.3 is 4.74 Å². The van der Waals surface area contributed by atoms with Crippen molar-refractivity contribution in [3.63, 3.8) is 0 Å². The number of hydrogen-bond donors (Lipinski definition) is 1. The van der Waals surface area contributed by atoms with E-state index in [4.69, 9.17) is 5.41 Å². The molecular weight excluding hydrogens is 277 g/mol. The monoisotopic (exact) mass is 289 g/mol. The molecule has 0 amide bonds. The van der Waals surface area contributed by atoms with E-state index in [9.17, 15) is 4.79 Å². The predicted octanol–water partition coefficient (Wildman–Crippen LogP) is 1.90. The number of esters is 1. The summed E-state index contributed by atoms with van der Waals surface area (Å²) < 4.78 is 4.57. The number of hydrogen-bond acceptors (Lipinski definition) is 4. The van der Waals surface area contributed by atoms with E-state index in [0.29, 0.717) is 6.61 Å². The van der Waals surface area contributed by atoms with Crippen LogP contribution in [0.2, 0.25) is 0 Å². The van der Waals surface area contributed by atoms with E-state index >= 15 is 0 Å². The number of thioether (sulfide) groups is 1. The Kier molecular flexibility index (Phi) is 10.4. The van der Waals surface area contributed by atoms with Crippen molar-refractivity contribution < 1.29 is 9.53 Å². The average Bonchev–Trinajstić information content (AvgIpc) is 1.89. The Balaban J connectivity index is 0. The molecule has 0 aromatic carbocycles. The van der Waals surface area contributed by atoms with E-state index in [-0.39, 0.29) is 29.0 Å². The van der Waals surface area contributed by atoms with Crippen molar-refractivity contribution in [2.75, 3.05) is 12.4 Å². The van der Waals surface area contributed by atoms with Gasteiger partial charge in [-0.1, -0.05) is 18.7 Å². The third-order valence-corrected chi connectivity index (χ3v) is 1.49. The summed E-state index contributed by atoms with van der Waals surface area (Å²) in [6.07, 6.45) is 0. The first-order chi connectivity index (χ1) is 4.72. The number of rotatable bonds is 2. The standard InChI is InChI=1S/C6H11NO2S.HI/c1-3-9-6(8)5(7)10-4-2;/h7H,3-4H2,1-2H3;1H. The van der Waals surface area contributed by atoms with Crippen LogP contribution in [0.25, 0.3) is 0 Å². The minimum atomic E-state index is -0.519. The fourth-order valence-corrected chi connectivity index (χ4v) is 0.865. The SMILES string of the molecule is CCOC(=O)C(=N)SCC.I. The third-order valence-electron chi connectivity index (χ3n) is 0.750. The van der Waals surface area contributed by atoms with Crippen molar-refractivity contribution in [3.05, 3.63) is 0 Å². The van der Waals surface area contributed by atoms with E-state index in [1.807, 2.05) is 6.92 Å². The van der Waals surface area contributed by atoms with Crippen molar-refractivity contribution in [1.82, 2.24) is 0 Å². The Labute approximate surface area is 87.8 Å². The zero-order valence-corrected chi connectivity index (χ0v) is 9.69.